The van der Waals surface area contributed by atoms with Gasteiger partial charge in [0.25, 0.3) is 0 Å². The van der Waals surface area contributed by atoms with Crippen LogP contribution in [0.5, 0.6) is 5.75 Å². The highest BCUT2D eigenvalue weighted by molar-refractivity contribution is 6.05. The predicted octanol–water partition coefficient (Wildman–Crippen LogP) is 2.68. The van der Waals surface area contributed by atoms with E-state index in [1.807, 2.05) is 6.07 Å². The number of pyridine rings is 1. The van der Waals surface area contributed by atoms with Gasteiger partial charge in [0.15, 0.2) is 0 Å². The van der Waals surface area contributed by atoms with Crippen molar-refractivity contribution >= 4 is 11.9 Å². The molecule has 0 aliphatic rings. The van der Waals surface area contributed by atoms with E-state index in [9.17, 15) is 9.90 Å². The van der Waals surface area contributed by atoms with Gasteiger partial charge in [-0.2, -0.15) is 0 Å². The molecule has 0 saturated heterocycles. The van der Waals surface area contributed by atoms with Crippen molar-refractivity contribution in [1.82, 2.24) is 4.98 Å². The van der Waals surface area contributed by atoms with E-state index >= 15 is 0 Å². The molecule has 84 valence electrons. The molecule has 0 aliphatic heterocycles. The van der Waals surface area contributed by atoms with E-state index in [-0.39, 0.29) is 11.5 Å². The van der Waals surface area contributed by atoms with Crippen LogP contribution < -0.4 is 0 Å². The van der Waals surface area contributed by atoms with Gasteiger partial charge >= 0.3 is 0 Å². The fourth-order valence-corrected chi connectivity index (χ4v) is 1.39. The highest BCUT2D eigenvalue weighted by atomic mass is 16.3. The zero-order valence-corrected chi connectivity index (χ0v) is 9.08. The number of aromatic nitrogens is 1. The van der Waals surface area contributed by atoms with Crippen LogP contribution in [0.3, 0.4) is 0 Å². The van der Waals surface area contributed by atoms with Gasteiger partial charge in [0.1, 0.15) is 11.4 Å². The molecule has 3 heteroatoms. The maximum Gasteiger partial charge on any atom is 0.204 e. The molecule has 1 aromatic heterocycles. The summed E-state index contributed by atoms with van der Waals surface area (Å²) >= 11 is 0. The Bertz CT molecular complexity index is 547. The molecule has 0 atom stereocenters. The number of phenols is 1. The molecule has 0 unspecified atom stereocenters. The van der Waals surface area contributed by atoms with Crippen molar-refractivity contribution < 1.29 is 9.90 Å². The number of hydrogen-bond donors (Lipinski definition) is 1. The minimum Gasteiger partial charge on any atom is -0.508 e. The monoisotopic (exact) mass is 225 g/mol. The lowest BCUT2D eigenvalue weighted by molar-refractivity contribution is 0.104. The molecule has 2 rings (SSSR count). The van der Waals surface area contributed by atoms with Gasteiger partial charge < -0.3 is 5.11 Å². The van der Waals surface area contributed by atoms with E-state index in [2.05, 4.69) is 4.98 Å². The summed E-state index contributed by atoms with van der Waals surface area (Å²) in [5, 5.41) is 9.26. The molecule has 1 heterocycles. The molecule has 17 heavy (non-hydrogen) atoms. The number of rotatable bonds is 3. The molecular weight excluding hydrogens is 214 g/mol. The minimum atomic E-state index is -0.158. The number of phenolic OH excluding ortho intramolecular Hbond substituents is 1. The second kappa shape index (κ2) is 5.07. The average molecular weight is 225 g/mol. The molecule has 0 saturated carbocycles. The van der Waals surface area contributed by atoms with Gasteiger partial charge in [-0.3, -0.25) is 9.78 Å². The van der Waals surface area contributed by atoms with E-state index in [4.69, 9.17) is 0 Å². The Hall–Kier alpha value is -2.42. The number of carbonyl (C=O) groups excluding carboxylic acids is 1. The van der Waals surface area contributed by atoms with Gasteiger partial charge in [-0.15, -0.1) is 0 Å². The Morgan fingerprint density at radius 3 is 2.76 bits per heavy atom. The van der Waals surface area contributed by atoms with Crippen LogP contribution in [0.2, 0.25) is 0 Å². The summed E-state index contributed by atoms with van der Waals surface area (Å²) in [4.78, 5) is 15.6. The quantitative estimate of drug-likeness (QED) is 0.645. The molecule has 0 aliphatic carbocycles. The lowest BCUT2D eigenvalue weighted by atomic mass is 10.1. The van der Waals surface area contributed by atoms with Gasteiger partial charge in [-0.1, -0.05) is 24.3 Å². The first-order valence-electron chi connectivity index (χ1n) is 5.18. The molecule has 1 N–H and O–H groups in total. The molecule has 0 radical (unpaired) electrons. The van der Waals surface area contributed by atoms with Crippen LogP contribution in [0.15, 0.2) is 54.7 Å². The molecule has 2 aromatic rings. The van der Waals surface area contributed by atoms with E-state index in [1.165, 1.54) is 6.08 Å². The van der Waals surface area contributed by atoms with Crippen LogP contribution in [-0.2, 0) is 0 Å². The first kappa shape index (κ1) is 11.1. The Labute approximate surface area is 99.1 Å². The number of carbonyl (C=O) groups is 1. The third-order valence-electron chi connectivity index (χ3n) is 2.21. The lowest BCUT2D eigenvalue weighted by Crippen LogP contribution is -1.96. The fourth-order valence-electron chi connectivity index (χ4n) is 1.39. The van der Waals surface area contributed by atoms with Crippen molar-refractivity contribution in [2.45, 2.75) is 0 Å². The maximum atomic E-state index is 11.7. The van der Waals surface area contributed by atoms with E-state index in [0.717, 1.165) is 5.56 Å². The largest absolute Gasteiger partial charge is 0.508 e. The number of benzene rings is 1. The third kappa shape index (κ3) is 3.01. The third-order valence-corrected chi connectivity index (χ3v) is 2.21. The molecule has 0 bridgehead atoms. The minimum absolute atomic E-state index is 0.158. The van der Waals surface area contributed by atoms with E-state index in [1.54, 1.807) is 48.7 Å². The molecule has 0 amide bonds. The second-order valence-corrected chi connectivity index (χ2v) is 3.51. The van der Waals surface area contributed by atoms with E-state index < -0.39 is 0 Å². The van der Waals surface area contributed by atoms with Crippen molar-refractivity contribution in [1.29, 1.82) is 0 Å². The van der Waals surface area contributed by atoms with E-state index in [0.29, 0.717) is 5.69 Å². The summed E-state index contributed by atoms with van der Waals surface area (Å²) in [7, 11) is 0. The van der Waals surface area contributed by atoms with Gasteiger partial charge in [-0.05, 0) is 35.9 Å². The lowest BCUT2D eigenvalue weighted by Gasteiger charge is -1.95. The van der Waals surface area contributed by atoms with Crippen molar-refractivity contribution in [3.63, 3.8) is 0 Å². The predicted molar refractivity (Wildman–Crippen MR) is 65.7 cm³/mol. The zero-order valence-electron chi connectivity index (χ0n) is 9.08. The van der Waals surface area contributed by atoms with Crippen molar-refractivity contribution in [3.8, 4) is 5.75 Å². The summed E-state index contributed by atoms with van der Waals surface area (Å²) in [6.07, 6.45) is 4.67. The first-order chi connectivity index (χ1) is 8.25. The number of nitrogens with zero attached hydrogens (tertiary/aromatic N) is 1. The summed E-state index contributed by atoms with van der Waals surface area (Å²) in [5.41, 5.74) is 1.18. The van der Waals surface area contributed by atoms with Crippen LogP contribution in [0.25, 0.3) is 6.08 Å². The summed E-state index contributed by atoms with van der Waals surface area (Å²) < 4.78 is 0. The molecule has 3 nitrogen and oxygen atoms in total. The Balaban J connectivity index is 2.14. The highest BCUT2D eigenvalue weighted by Crippen LogP contribution is 2.12. The number of hydrogen-bond acceptors (Lipinski definition) is 3. The van der Waals surface area contributed by atoms with Crippen molar-refractivity contribution in [3.05, 3.63) is 66.0 Å². The standard InChI is InChI=1S/C14H11NO2/c16-12-5-3-4-11(10-12)7-8-14(17)13-6-1-2-9-15-13/h1-10,16H/b8-7+. The molecule has 1 aromatic carbocycles. The number of ketones is 1. The first-order valence-corrected chi connectivity index (χ1v) is 5.18. The highest BCUT2D eigenvalue weighted by Gasteiger charge is 2.01. The van der Waals surface area contributed by atoms with Crippen LogP contribution >= 0.6 is 0 Å². The maximum absolute atomic E-state index is 11.7. The van der Waals surface area contributed by atoms with Crippen molar-refractivity contribution in [2.75, 3.05) is 0 Å². The topological polar surface area (TPSA) is 50.2 Å². The second-order valence-electron chi connectivity index (χ2n) is 3.51. The van der Waals surface area contributed by atoms with Gasteiger partial charge in [0.2, 0.25) is 5.78 Å². The Morgan fingerprint density at radius 1 is 1.18 bits per heavy atom. The summed E-state index contributed by atoms with van der Waals surface area (Å²) in [5.74, 6) is 0.0198. The summed E-state index contributed by atoms with van der Waals surface area (Å²) in [6, 6.07) is 11.9. The fraction of sp³-hybridized carbons (Fsp3) is 0. The van der Waals surface area contributed by atoms with Gasteiger partial charge in [-0.25, -0.2) is 0 Å². The molecule has 0 spiro atoms. The number of allylic oxidation sites excluding steroid dienone is 1. The van der Waals surface area contributed by atoms with Crippen LogP contribution in [0.4, 0.5) is 0 Å². The van der Waals surface area contributed by atoms with Crippen LogP contribution in [0, 0.1) is 0 Å². The molecule has 0 fully saturated rings. The average Bonchev–Trinajstić information content (AvgIpc) is 2.37. The van der Waals surface area contributed by atoms with Gasteiger partial charge in [0.05, 0.1) is 0 Å². The SMILES string of the molecule is O=C(/C=C/c1cccc(O)c1)c1ccccn1. The summed E-state index contributed by atoms with van der Waals surface area (Å²) in [6.45, 7) is 0. The Morgan fingerprint density at radius 2 is 2.06 bits per heavy atom. The van der Waals surface area contributed by atoms with Crippen molar-refractivity contribution in [2.24, 2.45) is 0 Å². The van der Waals surface area contributed by atoms with Crippen LogP contribution in [-0.4, -0.2) is 15.9 Å². The molecular formula is C14H11NO2. The normalized spacial score (nSPS) is 10.6. The Kier molecular flexibility index (Phi) is 3.31. The number of aromatic hydroxyl groups is 1. The zero-order chi connectivity index (χ0) is 12.1. The smallest absolute Gasteiger partial charge is 0.204 e. The van der Waals surface area contributed by atoms with Gasteiger partial charge in [0, 0.05) is 6.20 Å². The van der Waals surface area contributed by atoms with Crippen LogP contribution in [0.1, 0.15) is 16.1 Å².